The average molecular weight is 323 g/mol. The van der Waals surface area contributed by atoms with Crippen molar-refractivity contribution in [2.24, 2.45) is 5.92 Å². The summed E-state index contributed by atoms with van der Waals surface area (Å²) in [5.41, 5.74) is 2.28. The van der Waals surface area contributed by atoms with E-state index in [0.29, 0.717) is 24.2 Å². The Balaban J connectivity index is 1.31. The fraction of sp³-hybridized carbons (Fsp3) is 0.353. The number of fused-ring (bicyclic) bond motifs is 2. The predicted molar refractivity (Wildman–Crippen MR) is 85.5 cm³/mol. The molecule has 3 unspecified atom stereocenters. The van der Waals surface area contributed by atoms with Gasteiger partial charge in [0.25, 0.3) is 5.91 Å². The van der Waals surface area contributed by atoms with Crippen LogP contribution in [0.15, 0.2) is 41.5 Å². The SMILES string of the molecule is O=C(NCc1ccn2ccnc2c1)c1ncoc1C1C2CNC1C2. The van der Waals surface area contributed by atoms with Crippen LogP contribution in [-0.4, -0.2) is 32.9 Å². The molecule has 24 heavy (non-hydrogen) atoms. The summed E-state index contributed by atoms with van der Waals surface area (Å²) in [5.74, 6) is 1.39. The second kappa shape index (κ2) is 5.17. The number of amides is 1. The van der Waals surface area contributed by atoms with Crippen LogP contribution in [0.5, 0.6) is 0 Å². The van der Waals surface area contributed by atoms with Gasteiger partial charge in [-0.1, -0.05) is 0 Å². The monoisotopic (exact) mass is 323 g/mol. The summed E-state index contributed by atoms with van der Waals surface area (Å²) in [6, 6.07) is 4.35. The molecule has 3 aromatic rings. The number of imidazole rings is 1. The molecular weight excluding hydrogens is 306 g/mol. The van der Waals surface area contributed by atoms with Crippen LogP contribution >= 0.6 is 0 Å². The third-order valence-corrected chi connectivity index (χ3v) is 5.17. The van der Waals surface area contributed by atoms with E-state index in [-0.39, 0.29) is 11.8 Å². The standard InChI is InChI=1S/C17H17N5O2/c23-17(20-7-10-1-3-22-4-2-18-13(22)5-10)15-16(24-9-21-15)14-11-6-12(14)19-8-11/h1-5,9,11-12,14,19H,6-8H2,(H,20,23). The number of pyridine rings is 1. The molecule has 2 saturated heterocycles. The van der Waals surface area contributed by atoms with Crippen LogP contribution < -0.4 is 10.6 Å². The number of nitrogens with zero attached hydrogens (tertiary/aromatic N) is 3. The zero-order valence-corrected chi connectivity index (χ0v) is 13.0. The van der Waals surface area contributed by atoms with E-state index in [0.717, 1.165) is 29.9 Å². The summed E-state index contributed by atoms with van der Waals surface area (Å²) >= 11 is 0. The highest BCUT2D eigenvalue weighted by atomic mass is 16.3. The van der Waals surface area contributed by atoms with Crippen molar-refractivity contribution in [2.45, 2.75) is 24.9 Å². The van der Waals surface area contributed by atoms with E-state index in [4.69, 9.17) is 4.42 Å². The molecule has 5 heterocycles. The molecule has 122 valence electrons. The smallest absolute Gasteiger partial charge is 0.273 e. The van der Waals surface area contributed by atoms with E-state index in [1.807, 2.05) is 28.9 Å². The Morgan fingerprint density at radius 3 is 3.21 bits per heavy atom. The number of hydrogen-bond donors (Lipinski definition) is 2. The highest BCUT2D eigenvalue weighted by molar-refractivity contribution is 5.93. The zero-order chi connectivity index (χ0) is 16.1. The first kappa shape index (κ1) is 13.7. The Labute approximate surface area is 138 Å². The molecular formula is C17H17N5O2. The fourth-order valence-electron chi connectivity index (χ4n) is 3.86. The minimum Gasteiger partial charge on any atom is -0.447 e. The van der Waals surface area contributed by atoms with Crippen molar-refractivity contribution in [1.82, 2.24) is 25.0 Å². The summed E-state index contributed by atoms with van der Waals surface area (Å²) in [7, 11) is 0. The van der Waals surface area contributed by atoms with Crippen molar-refractivity contribution >= 4 is 11.6 Å². The largest absolute Gasteiger partial charge is 0.447 e. The Morgan fingerprint density at radius 2 is 2.38 bits per heavy atom. The minimum absolute atomic E-state index is 0.187. The summed E-state index contributed by atoms with van der Waals surface area (Å²) < 4.78 is 7.48. The van der Waals surface area contributed by atoms with E-state index >= 15 is 0 Å². The number of oxazole rings is 1. The van der Waals surface area contributed by atoms with Gasteiger partial charge in [0.1, 0.15) is 11.4 Å². The Bertz CT molecular complexity index is 900. The molecule has 1 aliphatic carbocycles. The van der Waals surface area contributed by atoms with E-state index < -0.39 is 0 Å². The average Bonchev–Trinajstić information content (AvgIpc) is 3.34. The first-order chi connectivity index (χ1) is 11.8. The summed E-state index contributed by atoms with van der Waals surface area (Å²) in [4.78, 5) is 20.9. The van der Waals surface area contributed by atoms with Crippen LogP contribution in [-0.2, 0) is 6.54 Å². The van der Waals surface area contributed by atoms with Gasteiger partial charge in [0.2, 0.25) is 0 Å². The number of carbonyl (C=O) groups is 1. The minimum atomic E-state index is -0.187. The lowest BCUT2D eigenvalue weighted by Crippen LogP contribution is -2.36. The van der Waals surface area contributed by atoms with Crippen molar-refractivity contribution in [3.63, 3.8) is 0 Å². The van der Waals surface area contributed by atoms with Gasteiger partial charge in [-0.05, 0) is 36.6 Å². The van der Waals surface area contributed by atoms with Gasteiger partial charge in [-0.25, -0.2) is 9.97 Å². The highest BCUT2D eigenvalue weighted by Crippen LogP contribution is 2.47. The molecule has 1 amide bonds. The zero-order valence-electron chi connectivity index (χ0n) is 13.0. The first-order valence-electron chi connectivity index (χ1n) is 8.16. The van der Waals surface area contributed by atoms with Gasteiger partial charge in [-0.3, -0.25) is 4.79 Å². The molecule has 1 saturated carbocycles. The molecule has 0 spiro atoms. The molecule has 3 aromatic heterocycles. The van der Waals surface area contributed by atoms with Gasteiger partial charge in [0.15, 0.2) is 12.1 Å². The van der Waals surface area contributed by atoms with Crippen molar-refractivity contribution in [2.75, 3.05) is 6.54 Å². The molecule has 0 radical (unpaired) electrons. The lowest BCUT2D eigenvalue weighted by Gasteiger charge is -2.32. The predicted octanol–water partition coefficient (Wildman–Crippen LogP) is 1.33. The molecule has 7 nitrogen and oxygen atoms in total. The fourth-order valence-corrected chi connectivity index (χ4v) is 3.86. The number of carbonyl (C=O) groups excluding carboxylic acids is 1. The van der Waals surface area contributed by atoms with Gasteiger partial charge in [-0.15, -0.1) is 0 Å². The summed E-state index contributed by atoms with van der Waals surface area (Å²) in [5, 5.41) is 6.37. The van der Waals surface area contributed by atoms with E-state index in [9.17, 15) is 4.79 Å². The van der Waals surface area contributed by atoms with Crippen LogP contribution in [0.1, 0.15) is 34.2 Å². The number of nitrogens with one attached hydrogen (secondary N) is 2. The van der Waals surface area contributed by atoms with Crippen LogP contribution in [0.2, 0.25) is 0 Å². The molecule has 2 N–H and O–H groups in total. The first-order valence-corrected chi connectivity index (χ1v) is 8.16. The van der Waals surface area contributed by atoms with Gasteiger partial charge in [-0.2, -0.15) is 0 Å². The van der Waals surface area contributed by atoms with Crippen LogP contribution in [0, 0.1) is 5.92 Å². The summed E-state index contributed by atoms with van der Waals surface area (Å²) in [6.45, 7) is 1.44. The van der Waals surface area contributed by atoms with E-state index in [1.54, 1.807) is 6.20 Å². The third-order valence-electron chi connectivity index (χ3n) is 5.17. The maximum absolute atomic E-state index is 12.5. The van der Waals surface area contributed by atoms with Gasteiger partial charge in [0.05, 0.1) is 0 Å². The van der Waals surface area contributed by atoms with Crippen LogP contribution in [0.4, 0.5) is 0 Å². The Kier molecular flexibility index (Phi) is 2.96. The molecule has 0 aromatic carbocycles. The second-order valence-corrected chi connectivity index (χ2v) is 6.51. The summed E-state index contributed by atoms with van der Waals surface area (Å²) in [6.07, 6.45) is 8.11. The van der Waals surface area contributed by atoms with Gasteiger partial charge >= 0.3 is 0 Å². The Morgan fingerprint density at radius 1 is 1.42 bits per heavy atom. The molecule has 3 atom stereocenters. The van der Waals surface area contributed by atoms with Crippen molar-refractivity contribution in [3.05, 3.63) is 54.1 Å². The lowest BCUT2D eigenvalue weighted by molar-refractivity contribution is 0.0941. The van der Waals surface area contributed by atoms with Gasteiger partial charge < -0.3 is 19.5 Å². The van der Waals surface area contributed by atoms with Crippen molar-refractivity contribution in [1.29, 1.82) is 0 Å². The number of hydrogen-bond acceptors (Lipinski definition) is 5. The second-order valence-electron chi connectivity index (χ2n) is 6.51. The molecule has 7 heteroatoms. The van der Waals surface area contributed by atoms with Crippen molar-refractivity contribution in [3.8, 4) is 0 Å². The lowest BCUT2D eigenvalue weighted by atomic mass is 9.72. The topological polar surface area (TPSA) is 84.5 Å². The van der Waals surface area contributed by atoms with Gasteiger partial charge in [0, 0.05) is 37.1 Å². The highest BCUT2D eigenvalue weighted by Gasteiger charge is 2.50. The number of rotatable bonds is 4. The van der Waals surface area contributed by atoms with Crippen molar-refractivity contribution < 1.29 is 9.21 Å². The Hall–Kier alpha value is -2.67. The van der Waals surface area contributed by atoms with E-state index in [1.165, 1.54) is 6.39 Å². The molecule has 2 bridgehead atoms. The maximum Gasteiger partial charge on any atom is 0.273 e. The quantitative estimate of drug-likeness (QED) is 0.757. The van der Waals surface area contributed by atoms with E-state index in [2.05, 4.69) is 20.6 Å². The molecule has 3 fully saturated rings. The normalized spacial score (nSPS) is 24.9. The molecule has 2 aliphatic heterocycles. The maximum atomic E-state index is 12.5. The van der Waals surface area contributed by atoms with Crippen LogP contribution in [0.3, 0.4) is 0 Å². The number of aromatic nitrogens is 3. The third kappa shape index (κ3) is 2.05. The molecule has 6 rings (SSSR count). The van der Waals surface area contributed by atoms with Crippen LogP contribution in [0.25, 0.3) is 5.65 Å². The molecule has 3 aliphatic rings.